The number of nitrogens with two attached hydrogens (primary N) is 2. The number of nitrogens with zero attached hydrogens (tertiary/aromatic N) is 2. The molecule has 1 fully saturated rings. The maximum absolute atomic E-state index is 15.2. The largest absolute Gasteiger partial charge is 0.441 e. The number of nitrogens with one attached hydrogen (secondary N) is 1. The normalized spacial score (nSPS) is 15.5. The summed E-state index contributed by atoms with van der Waals surface area (Å²) in [7, 11) is 0. The lowest BCUT2D eigenvalue weighted by Crippen LogP contribution is -2.38. The fourth-order valence-corrected chi connectivity index (χ4v) is 5.67. The van der Waals surface area contributed by atoms with Gasteiger partial charge in [0.15, 0.2) is 5.69 Å². The van der Waals surface area contributed by atoms with Crippen molar-refractivity contribution >= 4 is 17.7 Å². The van der Waals surface area contributed by atoms with E-state index in [0.29, 0.717) is 29.5 Å². The highest BCUT2D eigenvalue weighted by Gasteiger charge is 2.37. The number of carbonyl (C=O) groups excluding carboxylic acids is 2. The molecular weight excluding hydrogens is 614 g/mol. The zero-order chi connectivity index (χ0) is 34.1. The van der Waals surface area contributed by atoms with Crippen molar-refractivity contribution in [3.05, 3.63) is 113 Å². The number of hydrogen-bond donors (Lipinski definition) is 3. The smallest absolute Gasteiger partial charge is 0.435 e. The van der Waals surface area contributed by atoms with E-state index >= 15 is 4.39 Å². The van der Waals surface area contributed by atoms with Crippen LogP contribution in [-0.4, -0.2) is 21.8 Å². The number of primary amides is 1. The van der Waals surface area contributed by atoms with Crippen LogP contribution in [0.1, 0.15) is 85.4 Å². The predicted molar refractivity (Wildman–Crippen MR) is 169 cm³/mol. The van der Waals surface area contributed by atoms with Gasteiger partial charge in [-0.3, -0.25) is 4.79 Å². The Bertz CT molecular complexity index is 1760. The molecule has 2 unspecified atom stereocenters. The van der Waals surface area contributed by atoms with Gasteiger partial charge < -0.3 is 21.5 Å². The van der Waals surface area contributed by atoms with Crippen LogP contribution in [0.25, 0.3) is 5.69 Å². The van der Waals surface area contributed by atoms with Crippen LogP contribution < -0.4 is 16.8 Å². The molecule has 4 aromatic rings. The van der Waals surface area contributed by atoms with E-state index in [0.717, 1.165) is 29.5 Å². The molecule has 1 aliphatic carbocycles. The van der Waals surface area contributed by atoms with Gasteiger partial charge in [-0.2, -0.15) is 18.3 Å². The number of halogens is 4. The Balaban J connectivity index is 1.53. The van der Waals surface area contributed by atoms with Gasteiger partial charge in [0, 0.05) is 11.5 Å². The van der Waals surface area contributed by atoms with Crippen molar-refractivity contribution in [2.45, 2.75) is 64.3 Å². The fraction of sp³-hybridized carbons (Fsp3) is 0.343. The quantitative estimate of drug-likeness (QED) is 0.151. The number of amides is 2. The van der Waals surface area contributed by atoms with E-state index in [2.05, 4.69) is 10.4 Å². The van der Waals surface area contributed by atoms with Crippen LogP contribution in [0.4, 0.5) is 28.0 Å². The molecule has 0 saturated heterocycles. The molecule has 0 spiro atoms. The van der Waals surface area contributed by atoms with Gasteiger partial charge >= 0.3 is 12.3 Å². The molecule has 1 aliphatic rings. The van der Waals surface area contributed by atoms with Gasteiger partial charge in [0.2, 0.25) is 0 Å². The van der Waals surface area contributed by atoms with Crippen molar-refractivity contribution in [1.82, 2.24) is 9.78 Å². The molecule has 12 heteroatoms. The number of carbonyl (C=O) groups is 2. The topological polar surface area (TPSA) is 125 Å². The summed E-state index contributed by atoms with van der Waals surface area (Å²) in [6.07, 6.45) is -3.09. The fourth-order valence-electron chi connectivity index (χ4n) is 5.67. The van der Waals surface area contributed by atoms with Gasteiger partial charge in [-0.15, -0.1) is 0 Å². The Hall–Kier alpha value is -4.71. The third kappa shape index (κ3) is 7.65. The maximum atomic E-state index is 15.2. The Labute approximate surface area is 270 Å². The second-order valence-corrected chi connectivity index (χ2v) is 13.1. The van der Waals surface area contributed by atoms with Crippen LogP contribution in [0.15, 0.2) is 78.9 Å². The molecule has 5 N–H and O–H groups in total. The number of benzene rings is 3. The second-order valence-electron chi connectivity index (χ2n) is 13.1. The van der Waals surface area contributed by atoms with Gasteiger partial charge in [-0.05, 0) is 59.7 Å². The highest BCUT2D eigenvalue weighted by Crippen LogP contribution is 2.41. The molecule has 8 nitrogen and oxygen atoms in total. The van der Waals surface area contributed by atoms with Crippen molar-refractivity contribution in [3.8, 4) is 5.69 Å². The first-order valence-electron chi connectivity index (χ1n) is 15.3. The maximum Gasteiger partial charge on any atom is 0.435 e. The van der Waals surface area contributed by atoms with E-state index in [9.17, 15) is 22.8 Å². The lowest BCUT2D eigenvalue weighted by atomic mass is 9.79. The second kappa shape index (κ2) is 12.8. The number of hydrogen-bond acceptors (Lipinski definition) is 5. The standard InChI is InChI=1S/C35H37F4N5O3/c1-33(2,3)30(47-32(40)46)22-8-7-11-25(18-22)44-28(20-29(43-44)35(37,38)39)31(45)42-27-19-24(14-15-26(27)36)34(41,17-16-21-12-13-21)23-9-5-4-6-10-23/h4-11,14-15,18-21,30H,12-13,16-17,41H2,1-3H3,(H2,40,46)(H,42,45). The molecule has 1 aromatic heterocycles. The first-order valence-corrected chi connectivity index (χ1v) is 15.3. The van der Waals surface area contributed by atoms with Crippen LogP contribution in [-0.2, 0) is 16.5 Å². The highest BCUT2D eigenvalue weighted by molar-refractivity contribution is 6.03. The average Bonchev–Trinajstić information content (AvgIpc) is 3.73. The van der Waals surface area contributed by atoms with Gasteiger partial charge in [-0.25, -0.2) is 13.9 Å². The molecule has 0 bridgehead atoms. The molecule has 5 rings (SSSR count). The van der Waals surface area contributed by atoms with Crippen LogP contribution in [0.5, 0.6) is 0 Å². The molecular formula is C35H37F4N5O3. The first-order chi connectivity index (χ1) is 22.1. The minimum absolute atomic E-state index is 0.0739. The number of aromatic nitrogens is 2. The molecule has 47 heavy (non-hydrogen) atoms. The van der Waals surface area contributed by atoms with Crippen LogP contribution in [0, 0.1) is 17.2 Å². The SMILES string of the molecule is CC(C)(C)C(OC(N)=O)c1cccc(-n2nc(C(F)(F)F)cc2C(=O)Nc2cc(C(N)(CCC3CC3)c3ccccc3)ccc2F)c1. The number of anilines is 1. The summed E-state index contributed by atoms with van der Waals surface area (Å²) in [6.45, 7) is 5.39. The summed E-state index contributed by atoms with van der Waals surface area (Å²) in [6, 6.07) is 20.2. The van der Waals surface area contributed by atoms with Gasteiger partial charge in [0.1, 0.15) is 17.6 Å². The minimum atomic E-state index is -4.89. The van der Waals surface area contributed by atoms with Crippen molar-refractivity contribution in [3.63, 3.8) is 0 Å². The molecule has 0 aliphatic heterocycles. The Morgan fingerprint density at radius 2 is 1.68 bits per heavy atom. The van der Waals surface area contributed by atoms with E-state index in [1.807, 2.05) is 30.3 Å². The zero-order valence-corrected chi connectivity index (χ0v) is 26.3. The number of ether oxygens (including phenoxy) is 1. The summed E-state index contributed by atoms with van der Waals surface area (Å²) >= 11 is 0. The van der Waals surface area contributed by atoms with Crippen molar-refractivity contribution < 1.29 is 31.9 Å². The molecule has 0 radical (unpaired) electrons. The summed E-state index contributed by atoms with van der Waals surface area (Å²) in [4.78, 5) is 25.3. The molecule has 1 heterocycles. The predicted octanol–water partition coefficient (Wildman–Crippen LogP) is 7.86. The van der Waals surface area contributed by atoms with Crippen LogP contribution in [0.3, 0.4) is 0 Å². The first kappa shape index (κ1) is 33.6. The molecule has 2 atom stereocenters. The molecule has 3 aromatic carbocycles. The van der Waals surface area contributed by atoms with Crippen molar-refractivity contribution in [1.29, 1.82) is 0 Å². The summed E-state index contributed by atoms with van der Waals surface area (Å²) in [5.74, 6) is -1.25. The van der Waals surface area contributed by atoms with Gasteiger partial charge in [-0.1, -0.05) is 82.1 Å². The van der Waals surface area contributed by atoms with Crippen LogP contribution in [0.2, 0.25) is 0 Å². The molecule has 2 amide bonds. The molecule has 1 saturated carbocycles. The van der Waals surface area contributed by atoms with Crippen LogP contribution >= 0.6 is 0 Å². The van der Waals surface area contributed by atoms with Gasteiger partial charge in [0.25, 0.3) is 5.91 Å². The third-order valence-corrected chi connectivity index (χ3v) is 8.33. The minimum Gasteiger partial charge on any atom is -0.441 e. The lowest BCUT2D eigenvalue weighted by molar-refractivity contribution is -0.141. The highest BCUT2D eigenvalue weighted by atomic mass is 19.4. The number of alkyl halides is 3. The summed E-state index contributed by atoms with van der Waals surface area (Å²) < 4.78 is 63.0. The molecule has 248 valence electrons. The Kier molecular flexibility index (Phi) is 9.18. The Morgan fingerprint density at radius 3 is 2.30 bits per heavy atom. The van der Waals surface area contributed by atoms with E-state index in [4.69, 9.17) is 16.2 Å². The summed E-state index contributed by atoms with van der Waals surface area (Å²) in [5.41, 5.74) is 10.4. The van der Waals surface area contributed by atoms with Crippen molar-refractivity contribution in [2.75, 3.05) is 5.32 Å². The zero-order valence-electron chi connectivity index (χ0n) is 26.3. The van der Waals surface area contributed by atoms with E-state index in [1.54, 1.807) is 32.9 Å². The van der Waals surface area contributed by atoms with E-state index in [-0.39, 0.29) is 11.4 Å². The Morgan fingerprint density at radius 1 is 0.979 bits per heavy atom. The third-order valence-electron chi connectivity index (χ3n) is 8.33. The average molecular weight is 652 g/mol. The van der Waals surface area contributed by atoms with Gasteiger partial charge in [0.05, 0.1) is 16.9 Å². The summed E-state index contributed by atoms with van der Waals surface area (Å²) in [5, 5.41) is 6.14. The lowest BCUT2D eigenvalue weighted by Gasteiger charge is -2.31. The monoisotopic (exact) mass is 651 g/mol. The van der Waals surface area contributed by atoms with E-state index in [1.165, 1.54) is 30.3 Å². The van der Waals surface area contributed by atoms with E-state index < -0.39 is 52.4 Å². The number of rotatable bonds is 10. The van der Waals surface area contributed by atoms with Crippen molar-refractivity contribution in [2.24, 2.45) is 22.8 Å².